The molecule has 40 heavy (non-hydrogen) atoms. The van der Waals surface area contributed by atoms with E-state index in [9.17, 15) is 0 Å². The van der Waals surface area contributed by atoms with Gasteiger partial charge in [0, 0.05) is 36.8 Å². The van der Waals surface area contributed by atoms with Gasteiger partial charge < -0.3 is 15.1 Å². The lowest BCUT2D eigenvalue weighted by molar-refractivity contribution is 0.158. The number of benzene rings is 3. The Labute approximate surface area is 244 Å². The smallest absolute Gasteiger partial charge is 0.0347 e. The third-order valence-corrected chi connectivity index (χ3v) is 9.08. The predicted octanol–water partition coefficient (Wildman–Crippen LogP) is 7.84. The third kappa shape index (κ3) is 8.32. The molecule has 1 fully saturated rings. The molecule has 0 bridgehead atoms. The fourth-order valence-electron chi connectivity index (χ4n) is 6.16. The van der Waals surface area contributed by atoms with Crippen LogP contribution in [-0.4, -0.2) is 55.6 Å². The summed E-state index contributed by atoms with van der Waals surface area (Å²) < 4.78 is 0. The highest BCUT2D eigenvalue weighted by Gasteiger charge is 2.27. The van der Waals surface area contributed by atoms with Gasteiger partial charge in [0.25, 0.3) is 0 Å². The second-order valence-electron chi connectivity index (χ2n) is 12.4. The van der Waals surface area contributed by atoms with Gasteiger partial charge >= 0.3 is 0 Å². The molecule has 4 rings (SSSR count). The van der Waals surface area contributed by atoms with Crippen LogP contribution in [0.4, 0.5) is 0 Å². The summed E-state index contributed by atoms with van der Waals surface area (Å²) in [5.41, 5.74) is 6.63. The molecule has 0 amide bonds. The summed E-state index contributed by atoms with van der Waals surface area (Å²) in [6.07, 6.45) is 7.36. The lowest BCUT2D eigenvalue weighted by atomic mass is 9.87. The summed E-state index contributed by atoms with van der Waals surface area (Å²) in [5.74, 6) is 1.09. The molecule has 3 aromatic rings. The molecule has 0 aliphatic carbocycles. The van der Waals surface area contributed by atoms with Gasteiger partial charge in [0.15, 0.2) is 0 Å². The SMILES string of the molecule is C=C(NCC(C)(CCCC)N(C)C)c1cccc(CC2CCCN(CC(c3ccccc3)c3ccccc3)C2)c1. The van der Waals surface area contributed by atoms with Gasteiger partial charge in [-0.2, -0.15) is 0 Å². The van der Waals surface area contributed by atoms with E-state index in [1.807, 2.05) is 0 Å². The molecule has 1 heterocycles. The first kappa shape index (κ1) is 30.1. The summed E-state index contributed by atoms with van der Waals surface area (Å²) in [7, 11) is 4.38. The highest BCUT2D eigenvalue weighted by molar-refractivity contribution is 5.62. The zero-order valence-electron chi connectivity index (χ0n) is 25.4. The van der Waals surface area contributed by atoms with E-state index in [1.54, 1.807) is 0 Å². The largest absolute Gasteiger partial charge is 0.383 e. The van der Waals surface area contributed by atoms with Crippen molar-refractivity contribution in [3.05, 3.63) is 114 Å². The minimum absolute atomic E-state index is 0.124. The van der Waals surface area contributed by atoms with Crippen LogP contribution in [0.25, 0.3) is 5.70 Å². The Morgan fingerprint density at radius 3 is 2.30 bits per heavy atom. The molecule has 2 unspecified atom stereocenters. The highest BCUT2D eigenvalue weighted by Crippen LogP contribution is 2.29. The molecule has 1 N–H and O–H groups in total. The molecular weight excluding hydrogens is 486 g/mol. The molecule has 1 saturated heterocycles. The number of piperidine rings is 1. The van der Waals surface area contributed by atoms with E-state index < -0.39 is 0 Å². The molecule has 0 radical (unpaired) electrons. The summed E-state index contributed by atoms with van der Waals surface area (Å²) in [4.78, 5) is 5.07. The van der Waals surface area contributed by atoms with E-state index in [1.165, 1.54) is 60.9 Å². The van der Waals surface area contributed by atoms with Crippen molar-refractivity contribution in [1.82, 2.24) is 15.1 Å². The van der Waals surface area contributed by atoms with E-state index in [0.717, 1.165) is 31.8 Å². The average molecular weight is 538 g/mol. The molecule has 3 heteroatoms. The molecule has 3 nitrogen and oxygen atoms in total. The Kier molecular flexibility index (Phi) is 11.0. The van der Waals surface area contributed by atoms with Crippen molar-refractivity contribution < 1.29 is 0 Å². The molecule has 214 valence electrons. The van der Waals surface area contributed by atoms with Crippen molar-refractivity contribution in [2.45, 2.75) is 63.8 Å². The van der Waals surface area contributed by atoms with E-state index in [2.05, 4.69) is 135 Å². The first-order chi connectivity index (χ1) is 19.4. The van der Waals surface area contributed by atoms with Gasteiger partial charge in [-0.1, -0.05) is 105 Å². The number of rotatable bonds is 14. The van der Waals surface area contributed by atoms with Gasteiger partial charge in [-0.3, -0.25) is 0 Å². The monoisotopic (exact) mass is 537 g/mol. The highest BCUT2D eigenvalue weighted by atomic mass is 15.2. The van der Waals surface area contributed by atoms with Crippen LogP contribution in [0, 0.1) is 5.92 Å². The number of nitrogens with one attached hydrogen (secondary N) is 1. The lowest BCUT2D eigenvalue weighted by Gasteiger charge is -2.37. The molecule has 0 aromatic heterocycles. The van der Waals surface area contributed by atoms with E-state index in [0.29, 0.717) is 11.8 Å². The molecule has 1 aliphatic rings. The molecular formula is C37H51N3. The van der Waals surface area contributed by atoms with Crippen LogP contribution in [0.1, 0.15) is 74.1 Å². The second-order valence-corrected chi connectivity index (χ2v) is 12.4. The zero-order valence-corrected chi connectivity index (χ0v) is 25.4. The Balaban J connectivity index is 1.37. The standard InChI is InChI=1S/C37H51N3/c1-6-7-23-37(3,39(4)5)29-38-30(2)35-22-14-16-31(26-35)25-32-17-15-24-40(27-32)28-36(33-18-10-8-11-19-33)34-20-12-9-13-21-34/h8-14,16,18-22,26,32,36,38H,2,6-7,15,17,23-25,27-29H2,1,3-5H3. The molecule has 3 aromatic carbocycles. The van der Waals surface area contributed by atoms with Crippen LogP contribution in [0.15, 0.2) is 91.5 Å². The minimum atomic E-state index is 0.124. The maximum atomic E-state index is 4.42. The number of hydrogen-bond acceptors (Lipinski definition) is 3. The second kappa shape index (κ2) is 14.7. The van der Waals surface area contributed by atoms with Gasteiger partial charge in [0.05, 0.1) is 0 Å². The number of likely N-dealkylation sites (N-methyl/N-ethyl adjacent to an activating group) is 1. The van der Waals surface area contributed by atoms with E-state index in [4.69, 9.17) is 0 Å². The summed E-state index contributed by atoms with van der Waals surface area (Å²) in [5, 5.41) is 3.68. The van der Waals surface area contributed by atoms with Crippen LogP contribution in [0.2, 0.25) is 0 Å². The number of nitrogens with zero attached hydrogens (tertiary/aromatic N) is 2. The Morgan fingerprint density at radius 2 is 1.68 bits per heavy atom. The van der Waals surface area contributed by atoms with Gasteiger partial charge in [-0.25, -0.2) is 0 Å². The van der Waals surface area contributed by atoms with E-state index >= 15 is 0 Å². The van der Waals surface area contributed by atoms with Gasteiger partial charge in [0.2, 0.25) is 0 Å². The third-order valence-electron chi connectivity index (χ3n) is 9.08. The topological polar surface area (TPSA) is 18.5 Å². The number of unbranched alkanes of at least 4 members (excludes halogenated alkanes) is 1. The van der Waals surface area contributed by atoms with Crippen molar-refractivity contribution in [1.29, 1.82) is 0 Å². The number of likely N-dealkylation sites (tertiary alicyclic amines) is 1. The van der Waals surface area contributed by atoms with Crippen LogP contribution >= 0.6 is 0 Å². The summed E-state index contributed by atoms with van der Waals surface area (Å²) >= 11 is 0. The Morgan fingerprint density at radius 1 is 1.00 bits per heavy atom. The van der Waals surface area contributed by atoms with Crippen LogP contribution < -0.4 is 5.32 Å². The van der Waals surface area contributed by atoms with Crippen molar-refractivity contribution >= 4 is 5.70 Å². The van der Waals surface area contributed by atoms with Crippen LogP contribution in [0.5, 0.6) is 0 Å². The van der Waals surface area contributed by atoms with Crippen molar-refractivity contribution in [2.24, 2.45) is 5.92 Å². The quantitative estimate of drug-likeness (QED) is 0.226. The number of hydrogen-bond donors (Lipinski definition) is 1. The van der Waals surface area contributed by atoms with Crippen molar-refractivity contribution in [2.75, 3.05) is 40.3 Å². The van der Waals surface area contributed by atoms with Crippen LogP contribution in [0.3, 0.4) is 0 Å². The predicted molar refractivity (Wildman–Crippen MR) is 173 cm³/mol. The minimum Gasteiger partial charge on any atom is -0.383 e. The van der Waals surface area contributed by atoms with Gasteiger partial charge in [0.1, 0.15) is 0 Å². The fourth-order valence-corrected chi connectivity index (χ4v) is 6.16. The Hall–Kier alpha value is -2.88. The normalized spacial score (nSPS) is 17.6. The first-order valence-electron chi connectivity index (χ1n) is 15.4. The maximum Gasteiger partial charge on any atom is 0.0347 e. The zero-order chi connectivity index (χ0) is 28.4. The fraction of sp³-hybridized carbons (Fsp3) is 0.459. The van der Waals surface area contributed by atoms with E-state index in [-0.39, 0.29) is 5.54 Å². The first-order valence-corrected chi connectivity index (χ1v) is 15.4. The van der Waals surface area contributed by atoms with Gasteiger partial charge in [-0.05, 0) is 87.5 Å². The maximum absolute atomic E-state index is 4.42. The van der Waals surface area contributed by atoms with Crippen molar-refractivity contribution in [3.63, 3.8) is 0 Å². The molecule has 0 saturated carbocycles. The molecule has 1 aliphatic heterocycles. The summed E-state index contributed by atoms with van der Waals surface area (Å²) in [6.45, 7) is 13.4. The summed E-state index contributed by atoms with van der Waals surface area (Å²) in [6, 6.07) is 31.2. The van der Waals surface area contributed by atoms with Crippen LogP contribution in [-0.2, 0) is 6.42 Å². The molecule has 0 spiro atoms. The average Bonchev–Trinajstić information content (AvgIpc) is 2.98. The van der Waals surface area contributed by atoms with Gasteiger partial charge in [-0.15, -0.1) is 0 Å². The lowest BCUT2D eigenvalue weighted by Crippen LogP contribution is -2.48. The van der Waals surface area contributed by atoms with Crippen molar-refractivity contribution in [3.8, 4) is 0 Å². The Bertz CT molecular complexity index is 1130. The molecule has 2 atom stereocenters.